The van der Waals surface area contributed by atoms with Crippen molar-refractivity contribution in [2.75, 3.05) is 25.5 Å². The lowest BCUT2D eigenvalue weighted by atomic mass is 9.87. The molecule has 174 valence electrons. The largest absolute Gasteiger partial charge is 0.480 e. The number of nitrogens with zero attached hydrogens (tertiary/aromatic N) is 2. The summed E-state index contributed by atoms with van der Waals surface area (Å²) in [6.07, 6.45) is 5.01. The molecular formula is C24H27Cl2N5O2. The molecule has 2 aromatic rings. The number of amides is 1. The molecule has 9 heteroatoms. The summed E-state index contributed by atoms with van der Waals surface area (Å²) in [6.45, 7) is 11.4. The molecule has 2 heterocycles. The molecule has 1 aliphatic heterocycles. The molecule has 1 amide bonds. The second-order valence-corrected chi connectivity index (χ2v) is 8.49. The van der Waals surface area contributed by atoms with Crippen LogP contribution < -0.4 is 20.7 Å². The number of ether oxygens (including phenoxy) is 1. The standard InChI is InChI=1S/C24H27Cl2N5O2/c1-5-20(26)21(15(3)25)30-22(32)19-13-28-24(31-23(19)33-4)29-17-6-7-18(14(2)12-17)16-8-10-27-11-9-16/h5-7,12-13,16,27H,1,3,8-11H2,2,4H3,(H,30,32)(H,28,29,31)/b21-20-. The van der Waals surface area contributed by atoms with E-state index in [1.807, 2.05) is 6.07 Å². The Bertz CT molecular complexity index is 1090. The van der Waals surface area contributed by atoms with Gasteiger partial charge >= 0.3 is 0 Å². The minimum atomic E-state index is -0.544. The van der Waals surface area contributed by atoms with Crippen LogP contribution in [0.3, 0.4) is 0 Å². The van der Waals surface area contributed by atoms with Crippen LogP contribution in [0.1, 0.15) is 40.2 Å². The van der Waals surface area contributed by atoms with Crippen LogP contribution in [0, 0.1) is 6.92 Å². The zero-order valence-electron chi connectivity index (χ0n) is 18.7. The molecule has 0 bridgehead atoms. The lowest BCUT2D eigenvalue weighted by Gasteiger charge is -2.24. The smallest absolute Gasteiger partial charge is 0.262 e. The summed E-state index contributed by atoms with van der Waals surface area (Å²) in [5, 5.41) is 9.39. The SMILES string of the molecule is C=C/C(Cl)=C(/NC(=O)c1cnc(Nc2ccc(C3CCNCC3)c(C)c2)nc1OC)C(=C)Cl. The second kappa shape index (κ2) is 11.3. The predicted octanol–water partition coefficient (Wildman–Crippen LogP) is 5.12. The molecule has 1 aromatic heterocycles. The summed E-state index contributed by atoms with van der Waals surface area (Å²) in [6, 6.07) is 6.25. The van der Waals surface area contributed by atoms with Crippen LogP contribution in [0.5, 0.6) is 5.88 Å². The van der Waals surface area contributed by atoms with Crippen LogP contribution in [-0.2, 0) is 0 Å². The van der Waals surface area contributed by atoms with Gasteiger partial charge in [0.1, 0.15) is 5.56 Å². The summed E-state index contributed by atoms with van der Waals surface area (Å²) >= 11 is 12.0. The summed E-state index contributed by atoms with van der Waals surface area (Å²) in [5.41, 5.74) is 3.70. The Morgan fingerprint density at radius 2 is 2.03 bits per heavy atom. The first-order valence-electron chi connectivity index (χ1n) is 10.5. The highest BCUT2D eigenvalue weighted by atomic mass is 35.5. The molecule has 1 saturated heterocycles. The van der Waals surface area contributed by atoms with Gasteiger partial charge in [0.2, 0.25) is 11.8 Å². The third-order valence-electron chi connectivity index (χ3n) is 5.42. The van der Waals surface area contributed by atoms with E-state index in [2.05, 4.69) is 58.1 Å². The van der Waals surface area contributed by atoms with E-state index in [-0.39, 0.29) is 27.2 Å². The first-order chi connectivity index (χ1) is 15.8. The molecule has 0 saturated carbocycles. The summed E-state index contributed by atoms with van der Waals surface area (Å²) < 4.78 is 5.31. The molecule has 1 fully saturated rings. The van der Waals surface area contributed by atoms with Crippen molar-refractivity contribution >= 4 is 40.7 Å². The highest BCUT2D eigenvalue weighted by Gasteiger charge is 2.20. The van der Waals surface area contributed by atoms with Gasteiger partial charge in [-0.2, -0.15) is 4.98 Å². The Morgan fingerprint density at radius 3 is 2.64 bits per heavy atom. The molecule has 0 spiro atoms. The first kappa shape index (κ1) is 24.8. The van der Waals surface area contributed by atoms with Gasteiger partial charge in [-0.3, -0.25) is 4.79 Å². The maximum absolute atomic E-state index is 12.7. The minimum absolute atomic E-state index is 0.0646. The molecule has 0 unspecified atom stereocenters. The van der Waals surface area contributed by atoms with Crippen LogP contribution in [0.15, 0.2) is 59.4 Å². The van der Waals surface area contributed by atoms with E-state index in [1.165, 1.54) is 30.5 Å². The van der Waals surface area contributed by atoms with Gasteiger partial charge in [-0.15, -0.1) is 0 Å². The molecule has 0 atom stereocenters. The average Bonchev–Trinajstić information content (AvgIpc) is 2.82. The number of carbonyl (C=O) groups is 1. The molecule has 1 aromatic carbocycles. The zero-order chi connectivity index (χ0) is 24.0. The van der Waals surface area contributed by atoms with Gasteiger partial charge in [0, 0.05) is 11.9 Å². The third-order valence-corrected chi connectivity index (χ3v) is 5.96. The molecule has 3 rings (SSSR count). The monoisotopic (exact) mass is 487 g/mol. The number of anilines is 2. The van der Waals surface area contributed by atoms with E-state index in [9.17, 15) is 4.79 Å². The molecular weight excluding hydrogens is 461 g/mol. The summed E-state index contributed by atoms with van der Waals surface area (Å²) in [5.74, 6) is 0.436. The highest BCUT2D eigenvalue weighted by molar-refractivity contribution is 6.36. The van der Waals surface area contributed by atoms with Crippen molar-refractivity contribution in [2.24, 2.45) is 0 Å². The van der Waals surface area contributed by atoms with Gasteiger partial charge in [0.25, 0.3) is 5.91 Å². The molecule has 7 nitrogen and oxygen atoms in total. The van der Waals surface area contributed by atoms with Crippen molar-refractivity contribution in [1.29, 1.82) is 0 Å². The Hall–Kier alpha value is -2.87. The number of hydrogen-bond acceptors (Lipinski definition) is 6. The zero-order valence-corrected chi connectivity index (χ0v) is 20.2. The minimum Gasteiger partial charge on any atom is -0.480 e. The Labute approximate surface area is 203 Å². The Morgan fingerprint density at radius 1 is 1.30 bits per heavy atom. The number of benzene rings is 1. The fraction of sp³-hybridized carbons (Fsp3) is 0.292. The number of aromatic nitrogens is 2. The van der Waals surface area contributed by atoms with E-state index in [4.69, 9.17) is 27.9 Å². The number of piperidine rings is 1. The van der Waals surface area contributed by atoms with Gasteiger partial charge in [-0.05, 0) is 68.1 Å². The van der Waals surface area contributed by atoms with Crippen molar-refractivity contribution in [3.63, 3.8) is 0 Å². The molecule has 0 radical (unpaired) electrons. The van der Waals surface area contributed by atoms with Crippen LogP contribution in [-0.4, -0.2) is 36.1 Å². The van der Waals surface area contributed by atoms with Gasteiger partial charge < -0.3 is 20.7 Å². The van der Waals surface area contributed by atoms with Crippen LogP contribution in [0.4, 0.5) is 11.6 Å². The van der Waals surface area contributed by atoms with Crippen molar-refractivity contribution in [3.05, 3.63) is 76.1 Å². The highest BCUT2D eigenvalue weighted by Crippen LogP contribution is 2.30. The Kier molecular flexibility index (Phi) is 8.49. The van der Waals surface area contributed by atoms with E-state index >= 15 is 0 Å². The van der Waals surface area contributed by atoms with Crippen molar-refractivity contribution in [3.8, 4) is 5.88 Å². The lowest BCUT2D eigenvalue weighted by Crippen LogP contribution is -2.26. The molecule has 3 N–H and O–H groups in total. The van der Waals surface area contributed by atoms with E-state index in [1.54, 1.807) is 0 Å². The van der Waals surface area contributed by atoms with E-state index in [0.29, 0.717) is 11.9 Å². The second-order valence-electron chi connectivity index (χ2n) is 7.62. The van der Waals surface area contributed by atoms with E-state index < -0.39 is 5.91 Å². The number of allylic oxidation sites excluding steroid dienone is 3. The number of aryl methyl sites for hydroxylation is 1. The number of halogens is 2. The lowest BCUT2D eigenvalue weighted by molar-refractivity contribution is 0.0962. The number of methoxy groups -OCH3 is 1. The molecule has 0 aliphatic carbocycles. The number of rotatable bonds is 8. The summed E-state index contributed by atoms with van der Waals surface area (Å²) in [4.78, 5) is 21.3. The molecule has 1 aliphatic rings. The normalized spacial score (nSPS) is 14.8. The Balaban J connectivity index is 1.78. The summed E-state index contributed by atoms with van der Waals surface area (Å²) in [7, 11) is 1.43. The fourth-order valence-corrected chi connectivity index (χ4v) is 4.11. The van der Waals surface area contributed by atoms with Crippen LogP contribution in [0.25, 0.3) is 0 Å². The van der Waals surface area contributed by atoms with Gasteiger partial charge in [0.05, 0.1) is 22.9 Å². The number of hydrogen-bond donors (Lipinski definition) is 3. The quantitative estimate of drug-likeness (QED) is 0.447. The average molecular weight is 488 g/mol. The maximum atomic E-state index is 12.7. The fourth-order valence-electron chi connectivity index (χ4n) is 3.75. The molecule has 33 heavy (non-hydrogen) atoms. The van der Waals surface area contributed by atoms with Crippen molar-refractivity contribution in [1.82, 2.24) is 20.6 Å². The number of carbonyl (C=O) groups excluding carboxylic acids is 1. The van der Waals surface area contributed by atoms with Gasteiger partial charge in [0.15, 0.2) is 0 Å². The number of nitrogens with one attached hydrogen (secondary N) is 3. The van der Waals surface area contributed by atoms with Gasteiger partial charge in [-0.1, -0.05) is 42.4 Å². The van der Waals surface area contributed by atoms with Crippen molar-refractivity contribution in [2.45, 2.75) is 25.7 Å². The first-order valence-corrected chi connectivity index (χ1v) is 11.3. The van der Waals surface area contributed by atoms with Crippen LogP contribution in [0.2, 0.25) is 0 Å². The van der Waals surface area contributed by atoms with Crippen LogP contribution >= 0.6 is 23.2 Å². The van der Waals surface area contributed by atoms with E-state index in [0.717, 1.165) is 31.6 Å². The topological polar surface area (TPSA) is 88.2 Å². The predicted molar refractivity (Wildman–Crippen MR) is 133 cm³/mol. The third kappa shape index (κ3) is 6.13. The maximum Gasteiger partial charge on any atom is 0.262 e. The van der Waals surface area contributed by atoms with Gasteiger partial charge in [-0.25, -0.2) is 4.98 Å². The van der Waals surface area contributed by atoms with Crippen molar-refractivity contribution < 1.29 is 9.53 Å².